The van der Waals surface area contributed by atoms with Crippen molar-refractivity contribution in [2.75, 3.05) is 45.1 Å². The van der Waals surface area contributed by atoms with Crippen LogP contribution in [0.3, 0.4) is 0 Å². The first-order valence-corrected chi connectivity index (χ1v) is 13.3. The van der Waals surface area contributed by atoms with E-state index in [1.807, 2.05) is 13.1 Å². The summed E-state index contributed by atoms with van der Waals surface area (Å²) in [5.74, 6) is -1.16. The van der Waals surface area contributed by atoms with Crippen molar-refractivity contribution in [2.45, 2.75) is 11.4 Å². The summed E-state index contributed by atoms with van der Waals surface area (Å²) in [6.07, 6.45) is 0. The number of hydrogen-bond donors (Lipinski definition) is 1. The zero-order valence-corrected chi connectivity index (χ0v) is 21.3. The Morgan fingerprint density at radius 2 is 1.51 bits per heavy atom. The lowest BCUT2D eigenvalue weighted by atomic mass is 10.1. The Kier molecular flexibility index (Phi) is 8.32. The smallest absolute Gasteiger partial charge is 0.253 e. The van der Waals surface area contributed by atoms with Crippen molar-refractivity contribution in [1.29, 1.82) is 0 Å². The summed E-state index contributed by atoms with van der Waals surface area (Å²) in [6, 6.07) is 19.9. The lowest BCUT2D eigenvalue weighted by molar-refractivity contribution is -0.116. The van der Waals surface area contributed by atoms with Crippen LogP contribution in [0.2, 0.25) is 0 Å². The van der Waals surface area contributed by atoms with Gasteiger partial charge in [0, 0.05) is 44.0 Å². The molecule has 0 aliphatic carbocycles. The molecule has 0 radical (unpaired) electrons. The minimum absolute atomic E-state index is 0.0353. The lowest BCUT2D eigenvalue weighted by Crippen LogP contribution is -2.47. The summed E-state index contributed by atoms with van der Waals surface area (Å²) >= 11 is 0. The average Bonchev–Trinajstić information content (AvgIpc) is 2.89. The summed E-state index contributed by atoms with van der Waals surface area (Å²) in [5, 5.41) is 2.71. The van der Waals surface area contributed by atoms with E-state index in [4.69, 9.17) is 0 Å². The fourth-order valence-corrected chi connectivity index (χ4v) is 5.40. The van der Waals surface area contributed by atoms with Crippen molar-refractivity contribution in [1.82, 2.24) is 14.1 Å². The first-order valence-electron chi connectivity index (χ1n) is 11.9. The van der Waals surface area contributed by atoms with Crippen LogP contribution in [0.4, 0.5) is 10.1 Å². The van der Waals surface area contributed by atoms with E-state index in [0.29, 0.717) is 29.9 Å². The van der Waals surface area contributed by atoms with E-state index in [1.54, 1.807) is 53.4 Å². The van der Waals surface area contributed by atoms with Crippen molar-refractivity contribution < 1.29 is 22.4 Å². The van der Waals surface area contributed by atoms with Crippen LogP contribution in [0, 0.1) is 5.82 Å². The molecule has 4 rings (SSSR count). The number of anilines is 1. The van der Waals surface area contributed by atoms with Crippen LogP contribution in [-0.4, -0.2) is 74.1 Å². The van der Waals surface area contributed by atoms with Gasteiger partial charge in [-0.05, 0) is 61.1 Å². The molecular formula is C27H29FN4O4S. The van der Waals surface area contributed by atoms with Crippen LogP contribution >= 0.6 is 0 Å². The second-order valence-electron chi connectivity index (χ2n) is 8.93. The highest BCUT2D eigenvalue weighted by Crippen LogP contribution is 2.20. The topological polar surface area (TPSA) is 90.0 Å². The molecule has 2 amide bonds. The minimum Gasteiger partial charge on any atom is -0.336 e. The highest BCUT2D eigenvalue weighted by molar-refractivity contribution is 7.89. The molecule has 1 aliphatic heterocycles. The fourth-order valence-electron chi connectivity index (χ4n) is 4.02. The summed E-state index contributed by atoms with van der Waals surface area (Å²) in [5.41, 5.74) is 1.67. The zero-order chi connectivity index (χ0) is 26.4. The van der Waals surface area contributed by atoms with Crippen LogP contribution in [0.1, 0.15) is 15.9 Å². The molecule has 0 spiro atoms. The van der Waals surface area contributed by atoms with Gasteiger partial charge in [0.05, 0.1) is 11.4 Å². The van der Waals surface area contributed by atoms with Crippen molar-refractivity contribution in [2.24, 2.45) is 0 Å². The molecule has 1 aliphatic rings. The Morgan fingerprint density at radius 1 is 0.892 bits per heavy atom. The van der Waals surface area contributed by atoms with Crippen LogP contribution in [0.25, 0.3) is 0 Å². The first-order chi connectivity index (χ1) is 17.7. The van der Waals surface area contributed by atoms with Gasteiger partial charge in [0.25, 0.3) is 5.91 Å². The zero-order valence-electron chi connectivity index (χ0n) is 20.5. The molecular weight excluding hydrogens is 495 g/mol. The highest BCUT2D eigenvalue weighted by Gasteiger charge is 2.27. The van der Waals surface area contributed by atoms with Gasteiger partial charge in [0.1, 0.15) is 5.82 Å². The maximum Gasteiger partial charge on any atom is 0.253 e. The van der Waals surface area contributed by atoms with E-state index in [-0.39, 0.29) is 17.3 Å². The monoisotopic (exact) mass is 524 g/mol. The average molecular weight is 525 g/mol. The highest BCUT2D eigenvalue weighted by atomic mass is 32.2. The van der Waals surface area contributed by atoms with E-state index in [1.165, 1.54) is 12.1 Å². The van der Waals surface area contributed by atoms with E-state index in [0.717, 1.165) is 29.5 Å². The number of piperazine rings is 1. The van der Waals surface area contributed by atoms with Gasteiger partial charge in [-0.15, -0.1) is 0 Å². The number of likely N-dealkylation sites (N-methyl/N-ethyl adjacent to an activating group) is 1. The third kappa shape index (κ3) is 6.79. The largest absolute Gasteiger partial charge is 0.336 e. The molecule has 0 saturated carbocycles. The maximum atomic E-state index is 13.4. The van der Waals surface area contributed by atoms with Crippen LogP contribution in [0.15, 0.2) is 83.8 Å². The number of hydrogen-bond acceptors (Lipinski definition) is 5. The Balaban J connectivity index is 1.46. The van der Waals surface area contributed by atoms with Gasteiger partial charge in [0.2, 0.25) is 15.9 Å². The van der Waals surface area contributed by atoms with Crippen LogP contribution < -0.4 is 5.32 Å². The molecule has 0 bridgehead atoms. The molecule has 1 N–H and O–H groups in total. The molecule has 1 saturated heterocycles. The Bertz CT molecular complexity index is 1330. The maximum absolute atomic E-state index is 13.4. The predicted molar refractivity (Wildman–Crippen MR) is 139 cm³/mol. The molecule has 0 unspecified atom stereocenters. The van der Waals surface area contributed by atoms with Gasteiger partial charge in [-0.25, -0.2) is 12.8 Å². The Labute approximate surface area is 216 Å². The van der Waals surface area contributed by atoms with Crippen LogP contribution in [0.5, 0.6) is 0 Å². The summed E-state index contributed by atoms with van der Waals surface area (Å²) in [7, 11) is -2.07. The Hall–Kier alpha value is -3.60. The number of carbonyl (C=O) groups is 2. The lowest BCUT2D eigenvalue weighted by Gasteiger charge is -2.32. The van der Waals surface area contributed by atoms with Gasteiger partial charge >= 0.3 is 0 Å². The fraction of sp³-hybridized carbons (Fsp3) is 0.259. The molecule has 194 valence electrons. The molecule has 10 heteroatoms. The van der Waals surface area contributed by atoms with E-state index >= 15 is 0 Å². The van der Waals surface area contributed by atoms with Gasteiger partial charge in [0.15, 0.2) is 0 Å². The third-order valence-corrected chi connectivity index (χ3v) is 7.99. The molecule has 3 aromatic rings. The SMILES string of the molecule is CN1CCN(C(=O)c2ccc(NC(=O)CN(Cc3ccccc3)S(=O)(=O)c3ccc(F)cc3)cc2)CC1. The van der Waals surface area contributed by atoms with Crippen molar-refractivity contribution in [3.63, 3.8) is 0 Å². The normalized spacial score (nSPS) is 14.5. The quantitative estimate of drug-likeness (QED) is 0.489. The standard InChI is InChI=1S/C27H29FN4O4S/c1-30-15-17-31(18-16-30)27(34)22-7-11-24(12-8-22)29-26(33)20-32(19-21-5-3-2-4-6-21)37(35,36)25-13-9-23(28)10-14-25/h2-14H,15-20H2,1H3,(H,29,33). The van der Waals surface area contributed by atoms with Crippen LogP contribution in [-0.2, 0) is 21.4 Å². The van der Waals surface area contributed by atoms with E-state index in [2.05, 4.69) is 10.2 Å². The minimum atomic E-state index is -4.09. The molecule has 1 heterocycles. The number of nitrogens with one attached hydrogen (secondary N) is 1. The van der Waals surface area contributed by atoms with Gasteiger partial charge < -0.3 is 15.1 Å². The van der Waals surface area contributed by atoms with E-state index in [9.17, 15) is 22.4 Å². The summed E-state index contributed by atoms with van der Waals surface area (Å²) in [6.45, 7) is 2.48. The second-order valence-corrected chi connectivity index (χ2v) is 10.9. The van der Waals surface area contributed by atoms with Gasteiger partial charge in [-0.3, -0.25) is 9.59 Å². The molecule has 0 atom stereocenters. The number of carbonyl (C=O) groups excluding carboxylic acids is 2. The number of halogens is 1. The van der Waals surface area contributed by atoms with E-state index < -0.39 is 28.3 Å². The number of nitrogens with zero attached hydrogens (tertiary/aromatic N) is 3. The third-order valence-electron chi connectivity index (χ3n) is 6.18. The number of benzene rings is 3. The molecule has 0 aromatic heterocycles. The summed E-state index contributed by atoms with van der Waals surface area (Å²) < 4.78 is 41.0. The van der Waals surface area contributed by atoms with Gasteiger partial charge in [-0.1, -0.05) is 30.3 Å². The van der Waals surface area contributed by atoms with Crippen molar-refractivity contribution in [3.05, 3.63) is 95.8 Å². The van der Waals surface area contributed by atoms with Crippen molar-refractivity contribution in [3.8, 4) is 0 Å². The summed E-state index contributed by atoms with van der Waals surface area (Å²) in [4.78, 5) is 29.5. The number of sulfonamides is 1. The number of rotatable bonds is 8. The molecule has 8 nitrogen and oxygen atoms in total. The van der Waals surface area contributed by atoms with Crippen molar-refractivity contribution >= 4 is 27.5 Å². The predicted octanol–water partition coefficient (Wildman–Crippen LogP) is 3.04. The second kappa shape index (κ2) is 11.6. The number of amides is 2. The molecule has 1 fully saturated rings. The molecule has 37 heavy (non-hydrogen) atoms. The molecule has 3 aromatic carbocycles. The van der Waals surface area contributed by atoms with Gasteiger partial charge in [-0.2, -0.15) is 4.31 Å². The Morgan fingerprint density at radius 3 is 2.14 bits per heavy atom. The first kappa shape index (κ1) is 26.5.